The number of ether oxygens (including phenoxy) is 1. The minimum atomic E-state index is -0.519. The quantitative estimate of drug-likeness (QED) is 0.916. The van der Waals surface area contributed by atoms with E-state index in [-0.39, 0.29) is 0 Å². The maximum Gasteiger partial charge on any atom is 0.119 e. The second-order valence-corrected chi connectivity index (χ2v) is 6.48. The highest BCUT2D eigenvalue weighted by atomic mass is 16.5. The van der Waals surface area contributed by atoms with Crippen molar-refractivity contribution in [1.82, 2.24) is 9.80 Å². The molecule has 4 nitrogen and oxygen atoms in total. The first-order valence-electron chi connectivity index (χ1n) is 8.47. The molecule has 1 fully saturated rings. The first-order chi connectivity index (χ1) is 11.7. The highest BCUT2D eigenvalue weighted by molar-refractivity contribution is 5.30. The number of benzene rings is 2. The molecule has 0 aromatic heterocycles. The summed E-state index contributed by atoms with van der Waals surface area (Å²) in [6.07, 6.45) is -0.519. The molecule has 0 radical (unpaired) electrons. The third-order valence-electron chi connectivity index (χ3n) is 4.76. The zero-order chi connectivity index (χ0) is 16.9. The van der Waals surface area contributed by atoms with Crippen molar-refractivity contribution in [1.29, 1.82) is 0 Å². The second kappa shape index (κ2) is 7.79. The minimum Gasteiger partial charge on any atom is -0.497 e. The van der Waals surface area contributed by atoms with Crippen molar-refractivity contribution in [3.05, 3.63) is 65.7 Å². The van der Waals surface area contributed by atoms with Gasteiger partial charge in [-0.1, -0.05) is 42.5 Å². The SMILES string of the molecule is COc1cccc(C(O)CN2CCN(C)CC2c2ccccc2)c1. The van der Waals surface area contributed by atoms with Gasteiger partial charge in [-0.15, -0.1) is 0 Å². The van der Waals surface area contributed by atoms with Crippen LogP contribution in [0.4, 0.5) is 0 Å². The third-order valence-corrected chi connectivity index (χ3v) is 4.76. The smallest absolute Gasteiger partial charge is 0.119 e. The predicted molar refractivity (Wildman–Crippen MR) is 96.2 cm³/mol. The maximum atomic E-state index is 10.7. The summed E-state index contributed by atoms with van der Waals surface area (Å²) in [5.41, 5.74) is 2.21. The maximum absolute atomic E-state index is 10.7. The molecule has 1 aliphatic heterocycles. The molecule has 3 rings (SSSR count). The molecule has 2 unspecified atom stereocenters. The van der Waals surface area contributed by atoms with Crippen molar-refractivity contribution in [3.63, 3.8) is 0 Å². The van der Waals surface area contributed by atoms with Gasteiger partial charge in [0.25, 0.3) is 0 Å². The normalized spacial score (nSPS) is 20.7. The van der Waals surface area contributed by atoms with Crippen molar-refractivity contribution in [2.45, 2.75) is 12.1 Å². The van der Waals surface area contributed by atoms with Gasteiger partial charge in [0.2, 0.25) is 0 Å². The van der Waals surface area contributed by atoms with Crippen molar-refractivity contribution in [3.8, 4) is 5.75 Å². The molecule has 1 saturated heterocycles. The molecule has 2 aromatic rings. The minimum absolute atomic E-state index is 0.310. The summed E-state index contributed by atoms with van der Waals surface area (Å²) in [5, 5.41) is 10.7. The van der Waals surface area contributed by atoms with Gasteiger partial charge in [0.15, 0.2) is 0 Å². The Hall–Kier alpha value is -1.88. The van der Waals surface area contributed by atoms with Crippen LogP contribution in [-0.4, -0.2) is 55.2 Å². The molecule has 24 heavy (non-hydrogen) atoms. The van der Waals surface area contributed by atoms with Crippen LogP contribution >= 0.6 is 0 Å². The molecule has 2 aromatic carbocycles. The topological polar surface area (TPSA) is 35.9 Å². The van der Waals surface area contributed by atoms with E-state index in [0.717, 1.165) is 30.9 Å². The van der Waals surface area contributed by atoms with Gasteiger partial charge >= 0.3 is 0 Å². The number of hydrogen-bond acceptors (Lipinski definition) is 4. The Morgan fingerprint density at radius 1 is 1.12 bits per heavy atom. The lowest BCUT2D eigenvalue weighted by Crippen LogP contribution is -2.48. The first-order valence-corrected chi connectivity index (χ1v) is 8.47. The fourth-order valence-corrected chi connectivity index (χ4v) is 3.34. The number of aliphatic hydroxyl groups is 1. The standard InChI is InChI=1S/C20H26N2O2/c1-21-11-12-22(19(14-21)16-7-4-3-5-8-16)15-20(23)17-9-6-10-18(13-17)24-2/h3-10,13,19-20,23H,11-12,14-15H2,1-2H3. The van der Waals surface area contributed by atoms with E-state index in [9.17, 15) is 5.11 Å². The van der Waals surface area contributed by atoms with Gasteiger partial charge in [-0.05, 0) is 30.3 Å². The third kappa shape index (κ3) is 3.96. The Morgan fingerprint density at radius 3 is 2.67 bits per heavy atom. The average Bonchev–Trinajstić information content (AvgIpc) is 2.64. The number of nitrogens with zero attached hydrogens (tertiary/aromatic N) is 2. The van der Waals surface area contributed by atoms with Gasteiger partial charge in [-0.2, -0.15) is 0 Å². The Balaban J connectivity index is 1.76. The largest absolute Gasteiger partial charge is 0.497 e. The lowest BCUT2D eigenvalue weighted by atomic mass is 10.0. The Bertz CT molecular complexity index is 647. The summed E-state index contributed by atoms with van der Waals surface area (Å²) in [6, 6.07) is 18.6. The van der Waals surface area contributed by atoms with E-state index in [1.54, 1.807) is 7.11 Å². The molecule has 0 aliphatic carbocycles. The van der Waals surface area contributed by atoms with Crippen molar-refractivity contribution in [2.75, 3.05) is 40.3 Å². The zero-order valence-electron chi connectivity index (χ0n) is 14.4. The van der Waals surface area contributed by atoms with E-state index in [0.29, 0.717) is 12.6 Å². The Morgan fingerprint density at radius 2 is 1.92 bits per heavy atom. The molecular formula is C20H26N2O2. The van der Waals surface area contributed by atoms with Gasteiger partial charge in [0.1, 0.15) is 5.75 Å². The van der Waals surface area contributed by atoms with Crippen molar-refractivity contribution in [2.24, 2.45) is 0 Å². The van der Waals surface area contributed by atoms with Crippen LogP contribution in [0.3, 0.4) is 0 Å². The molecular weight excluding hydrogens is 300 g/mol. The number of β-amino-alcohol motifs (C(OH)–C–C–N with tert-alkyl or cyclic N) is 1. The van der Waals surface area contributed by atoms with E-state index >= 15 is 0 Å². The molecule has 0 saturated carbocycles. The van der Waals surface area contributed by atoms with Crippen LogP contribution in [0, 0.1) is 0 Å². The Kier molecular flexibility index (Phi) is 5.51. The van der Waals surface area contributed by atoms with Crippen LogP contribution in [0.15, 0.2) is 54.6 Å². The second-order valence-electron chi connectivity index (χ2n) is 6.48. The molecule has 0 amide bonds. The zero-order valence-corrected chi connectivity index (χ0v) is 14.4. The van der Waals surface area contributed by atoms with E-state index in [4.69, 9.17) is 4.74 Å². The number of hydrogen-bond donors (Lipinski definition) is 1. The van der Waals surface area contributed by atoms with Crippen LogP contribution < -0.4 is 4.74 Å². The van der Waals surface area contributed by atoms with Crippen LogP contribution in [0.1, 0.15) is 23.3 Å². The Labute approximate surface area is 144 Å². The van der Waals surface area contributed by atoms with Gasteiger partial charge < -0.3 is 14.7 Å². The van der Waals surface area contributed by atoms with Crippen molar-refractivity contribution < 1.29 is 9.84 Å². The lowest BCUT2D eigenvalue weighted by molar-refractivity contribution is 0.0400. The van der Waals surface area contributed by atoms with Crippen LogP contribution in [0.2, 0.25) is 0 Å². The average molecular weight is 326 g/mol. The van der Waals surface area contributed by atoms with Gasteiger partial charge in [-0.25, -0.2) is 0 Å². The summed E-state index contributed by atoms with van der Waals surface area (Å²) in [4.78, 5) is 4.74. The predicted octanol–water partition coefficient (Wildman–Crippen LogP) is 2.72. The molecule has 1 heterocycles. The summed E-state index contributed by atoms with van der Waals surface area (Å²) in [5.74, 6) is 0.782. The summed E-state index contributed by atoms with van der Waals surface area (Å²) < 4.78 is 5.27. The molecule has 4 heteroatoms. The summed E-state index contributed by atoms with van der Waals surface area (Å²) in [7, 11) is 3.81. The molecule has 1 N–H and O–H groups in total. The number of methoxy groups -OCH3 is 1. The monoisotopic (exact) mass is 326 g/mol. The van der Waals surface area contributed by atoms with Gasteiger partial charge in [0.05, 0.1) is 13.2 Å². The molecule has 0 bridgehead atoms. The number of piperazine rings is 1. The summed E-state index contributed by atoms with van der Waals surface area (Å²) >= 11 is 0. The number of aliphatic hydroxyl groups excluding tert-OH is 1. The highest BCUT2D eigenvalue weighted by Gasteiger charge is 2.28. The fraction of sp³-hybridized carbons (Fsp3) is 0.400. The van der Waals surface area contributed by atoms with Gasteiger partial charge in [0, 0.05) is 32.2 Å². The number of rotatable bonds is 5. The van der Waals surface area contributed by atoms with Crippen LogP contribution in [-0.2, 0) is 0 Å². The van der Waals surface area contributed by atoms with Crippen LogP contribution in [0.25, 0.3) is 0 Å². The molecule has 1 aliphatic rings. The van der Waals surface area contributed by atoms with E-state index < -0.39 is 6.10 Å². The highest BCUT2D eigenvalue weighted by Crippen LogP contribution is 2.28. The van der Waals surface area contributed by atoms with E-state index in [2.05, 4.69) is 41.1 Å². The summed E-state index contributed by atoms with van der Waals surface area (Å²) in [6.45, 7) is 3.58. The molecule has 0 spiro atoms. The van der Waals surface area contributed by atoms with E-state index in [1.165, 1.54) is 5.56 Å². The van der Waals surface area contributed by atoms with Gasteiger partial charge in [-0.3, -0.25) is 4.90 Å². The molecule has 2 atom stereocenters. The first kappa shape index (κ1) is 17.0. The number of likely N-dealkylation sites (N-methyl/N-ethyl adjacent to an activating group) is 1. The fourth-order valence-electron chi connectivity index (χ4n) is 3.34. The molecule has 128 valence electrons. The van der Waals surface area contributed by atoms with Crippen LogP contribution in [0.5, 0.6) is 5.75 Å². The van der Waals surface area contributed by atoms with E-state index in [1.807, 2.05) is 30.3 Å². The van der Waals surface area contributed by atoms with Crippen molar-refractivity contribution >= 4 is 0 Å². The lowest BCUT2D eigenvalue weighted by Gasteiger charge is -2.41.